The fraction of sp³-hybridized carbons (Fsp3) is 0.684. The number of thiophene rings is 1. The predicted molar refractivity (Wildman–Crippen MR) is 103 cm³/mol. The summed E-state index contributed by atoms with van der Waals surface area (Å²) in [5.41, 5.74) is 1.10. The summed E-state index contributed by atoms with van der Waals surface area (Å²) in [4.78, 5) is 27.1. The van der Waals surface area contributed by atoms with Crippen LogP contribution < -0.4 is 5.56 Å². The maximum Gasteiger partial charge on any atom is 0.331 e. The van der Waals surface area contributed by atoms with Crippen LogP contribution in [-0.2, 0) is 22.4 Å². The molecule has 0 saturated heterocycles. The van der Waals surface area contributed by atoms with Gasteiger partial charge in [-0.25, -0.2) is 4.79 Å². The SMILES string of the molecule is CC(C)OC(=O)[C@H](C)n1nnc2sc3c(c2c1=O)CC[C@@H](C(C)(C)C)C3. The average molecular weight is 378 g/mol. The maximum absolute atomic E-state index is 13.0. The summed E-state index contributed by atoms with van der Waals surface area (Å²) >= 11 is 1.57. The summed E-state index contributed by atoms with van der Waals surface area (Å²) in [5, 5.41) is 8.89. The zero-order chi connectivity index (χ0) is 19.2. The lowest BCUT2D eigenvalue weighted by molar-refractivity contribution is -0.151. The van der Waals surface area contributed by atoms with E-state index in [0.717, 1.165) is 29.5 Å². The standard InChI is InChI=1S/C19H27N3O3S/c1-10(2)25-18(24)11(3)22-17(23)15-13-8-7-12(19(4,5)6)9-14(13)26-16(15)20-21-22/h10-12H,7-9H2,1-6H3/t11-,12+/m0/s1. The van der Waals surface area contributed by atoms with Crippen molar-refractivity contribution in [1.29, 1.82) is 0 Å². The van der Waals surface area contributed by atoms with E-state index in [1.807, 2.05) is 0 Å². The molecule has 3 rings (SSSR count). The van der Waals surface area contributed by atoms with Gasteiger partial charge in [-0.1, -0.05) is 26.0 Å². The van der Waals surface area contributed by atoms with Crippen molar-refractivity contribution in [2.45, 2.75) is 73.0 Å². The third-order valence-corrected chi connectivity index (χ3v) is 6.32. The molecule has 0 amide bonds. The number of rotatable bonds is 3. The molecule has 0 bridgehead atoms. The van der Waals surface area contributed by atoms with Gasteiger partial charge in [0.25, 0.3) is 5.56 Å². The van der Waals surface area contributed by atoms with Crippen LogP contribution in [0.5, 0.6) is 0 Å². The van der Waals surface area contributed by atoms with E-state index in [9.17, 15) is 9.59 Å². The lowest BCUT2D eigenvalue weighted by Crippen LogP contribution is -2.33. The minimum absolute atomic E-state index is 0.236. The number of aryl methyl sites for hydroxylation is 1. The molecule has 26 heavy (non-hydrogen) atoms. The third-order valence-electron chi connectivity index (χ3n) is 5.19. The molecule has 2 atom stereocenters. The van der Waals surface area contributed by atoms with Crippen LogP contribution in [-0.4, -0.2) is 27.1 Å². The van der Waals surface area contributed by atoms with Crippen LogP contribution in [0.15, 0.2) is 4.79 Å². The summed E-state index contributed by atoms with van der Waals surface area (Å²) in [6, 6.07) is -0.789. The van der Waals surface area contributed by atoms with E-state index in [1.54, 1.807) is 32.1 Å². The summed E-state index contributed by atoms with van der Waals surface area (Å²) in [6.45, 7) is 12.0. The highest BCUT2D eigenvalue weighted by Gasteiger charge is 2.32. The van der Waals surface area contributed by atoms with Gasteiger partial charge in [0.15, 0.2) is 10.9 Å². The number of aromatic nitrogens is 3. The number of nitrogens with zero attached hydrogens (tertiary/aromatic N) is 3. The Hall–Kier alpha value is -1.76. The Balaban J connectivity index is 2.01. The van der Waals surface area contributed by atoms with Crippen molar-refractivity contribution in [3.63, 3.8) is 0 Å². The minimum atomic E-state index is -0.789. The number of esters is 1. The fourth-order valence-corrected chi connectivity index (χ4v) is 4.76. The average Bonchev–Trinajstić information content (AvgIpc) is 2.91. The molecule has 0 N–H and O–H groups in total. The lowest BCUT2D eigenvalue weighted by Gasteiger charge is -2.33. The molecule has 1 aliphatic rings. The third kappa shape index (κ3) is 3.41. The largest absolute Gasteiger partial charge is 0.461 e. The van der Waals surface area contributed by atoms with Crippen LogP contribution in [0.4, 0.5) is 0 Å². The number of hydrogen-bond acceptors (Lipinski definition) is 6. The maximum atomic E-state index is 13.0. The number of fused-ring (bicyclic) bond motifs is 3. The monoisotopic (exact) mass is 377 g/mol. The topological polar surface area (TPSA) is 74.1 Å². The van der Waals surface area contributed by atoms with Crippen molar-refractivity contribution in [2.24, 2.45) is 11.3 Å². The van der Waals surface area contributed by atoms with Gasteiger partial charge in [-0.2, -0.15) is 4.68 Å². The molecule has 6 nitrogen and oxygen atoms in total. The van der Waals surface area contributed by atoms with Gasteiger partial charge < -0.3 is 4.74 Å². The molecular formula is C19H27N3O3S. The molecule has 0 aliphatic heterocycles. The molecule has 2 aromatic heterocycles. The highest BCUT2D eigenvalue weighted by molar-refractivity contribution is 7.18. The Morgan fingerprint density at radius 2 is 2.00 bits per heavy atom. The van der Waals surface area contributed by atoms with Crippen molar-refractivity contribution in [3.8, 4) is 0 Å². The summed E-state index contributed by atoms with van der Waals surface area (Å²) in [5.74, 6) is 0.130. The number of carbonyl (C=O) groups is 1. The smallest absolute Gasteiger partial charge is 0.331 e. The predicted octanol–water partition coefficient (Wildman–Crippen LogP) is 3.52. The molecule has 2 aromatic rings. The Morgan fingerprint density at radius 1 is 1.31 bits per heavy atom. The molecule has 1 aliphatic carbocycles. The van der Waals surface area contributed by atoms with Gasteiger partial charge in [0, 0.05) is 4.88 Å². The first-order valence-corrected chi connectivity index (χ1v) is 10.0. The molecule has 0 saturated carbocycles. The van der Waals surface area contributed by atoms with Gasteiger partial charge in [-0.3, -0.25) is 4.79 Å². The first-order valence-electron chi connectivity index (χ1n) is 9.19. The van der Waals surface area contributed by atoms with Gasteiger partial charge >= 0.3 is 5.97 Å². The first-order chi connectivity index (χ1) is 12.1. The quantitative estimate of drug-likeness (QED) is 0.765. The first kappa shape index (κ1) is 19.0. The molecular weight excluding hydrogens is 350 g/mol. The van der Waals surface area contributed by atoms with Crippen molar-refractivity contribution >= 4 is 27.5 Å². The molecule has 0 fully saturated rings. The van der Waals surface area contributed by atoms with Crippen LogP contribution in [0.25, 0.3) is 10.2 Å². The normalized spacial score (nSPS) is 18.8. The highest BCUT2D eigenvalue weighted by atomic mass is 32.1. The van der Waals surface area contributed by atoms with E-state index >= 15 is 0 Å². The number of ether oxygens (including phenoxy) is 1. The molecule has 142 valence electrons. The zero-order valence-corrected chi connectivity index (χ0v) is 17.1. The van der Waals surface area contributed by atoms with Gasteiger partial charge in [0.2, 0.25) is 0 Å². The number of carbonyl (C=O) groups excluding carboxylic acids is 1. The van der Waals surface area contributed by atoms with Crippen LogP contribution in [0.3, 0.4) is 0 Å². The second-order valence-corrected chi connectivity index (χ2v) is 9.57. The minimum Gasteiger partial charge on any atom is -0.461 e. The number of hydrogen-bond donors (Lipinski definition) is 0. The molecule has 7 heteroatoms. The Morgan fingerprint density at radius 3 is 2.62 bits per heavy atom. The summed E-state index contributed by atoms with van der Waals surface area (Å²) in [7, 11) is 0. The second kappa shape index (κ2) is 6.76. The second-order valence-electron chi connectivity index (χ2n) is 8.49. The fourth-order valence-electron chi connectivity index (χ4n) is 3.53. The van der Waals surface area contributed by atoms with Gasteiger partial charge in [-0.05, 0) is 56.9 Å². The van der Waals surface area contributed by atoms with Crippen molar-refractivity contribution in [2.75, 3.05) is 0 Å². The van der Waals surface area contributed by atoms with E-state index in [-0.39, 0.29) is 17.1 Å². The Kier molecular flexibility index (Phi) is 4.94. The molecule has 0 spiro atoms. The zero-order valence-electron chi connectivity index (χ0n) is 16.3. The van der Waals surface area contributed by atoms with Crippen LogP contribution in [0, 0.1) is 11.3 Å². The van der Waals surface area contributed by atoms with Crippen LogP contribution in [0.1, 0.15) is 64.4 Å². The molecule has 2 heterocycles. The Labute approximate surface area is 157 Å². The van der Waals surface area contributed by atoms with Crippen molar-refractivity contribution in [3.05, 3.63) is 20.8 Å². The van der Waals surface area contributed by atoms with Crippen molar-refractivity contribution < 1.29 is 9.53 Å². The van der Waals surface area contributed by atoms with Gasteiger partial charge in [-0.15, -0.1) is 16.4 Å². The van der Waals surface area contributed by atoms with E-state index in [2.05, 4.69) is 31.1 Å². The van der Waals surface area contributed by atoms with Crippen LogP contribution >= 0.6 is 11.3 Å². The van der Waals surface area contributed by atoms with Crippen LogP contribution in [0.2, 0.25) is 0 Å². The Bertz CT molecular complexity index is 892. The summed E-state index contributed by atoms with van der Waals surface area (Å²) < 4.78 is 6.38. The molecule has 0 aromatic carbocycles. The van der Waals surface area contributed by atoms with E-state index < -0.39 is 12.0 Å². The van der Waals surface area contributed by atoms with E-state index in [1.165, 1.54) is 4.88 Å². The summed E-state index contributed by atoms with van der Waals surface area (Å²) in [6.07, 6.45) is 2.68. The molecule has 0 radical (unpaired) electrons. The van der Waals surface area contributed by atoms with E-state index in [0.29, 0.717) is 16.1 Å². The van der Waals surface area contributed by atoms with Crippen molar-refractivity contribution in [1.82, 2.24) is 15.0 Å². The van der Waals surface area contributed by atoms with Gasteiger partial charge in [0.1, 0.15) is 0 Å². The highest BCUT2D eigenvalue weighted by Crippen LogP contribution is 2.41. The molecule has 0 unspecified atom stereocenters. The lowest BCUT2D eigenvalue weighted by atomic mass is 9.72. The van der Waals surface area contributed by atoms with E-state index in [4.69, 9.17) is 4.74 Å². The van der Waals surface area contributed by atoms with Gasteiger partial charge in [0.05, 0.1) is 11.5 Å².